The van der Waals surface area contributed by atoms with E-state index < -0.39 is 6.10 Å². The first-order chi connectivity index (χ1) is 9.51. The molecule has 1 heterocycles. The number of aromatic nitrogens is 2. The molecule has 2 rings (SSSR count). The summed E-state index contributed by atoms with van der Waals surface area (Å²) >= 11 is 0. The van der Waals surface area contributed by atoms with E-state index in [0.717, 1.165) is 34.1 Å². The predicted octanol–water partition coefficient (Wildman–Crippen LogP) is 2.69. The van der Waals surface area contributed by atoms with Crippen LogP contribution in [0.25, 0.3) is 0 Å². The molecule has 4 heteroatoms. The van der Waals surface area contributed by atoms with Crippen LogP contribution in [0.4, 0.5) is 0 Å². The number of hydrogen-bond acceptors (Lipinski definition) is 4. The van der Waals surface area contributed by atoms with Crippen molar-refractivity contribution in [2.75, 3.05) is 7.11 Å². The number of benzene rings is 1. The van der Waals surface area contributed by atoms with Crippen LogP contribution >= 0.6 is 0 Å². The van der Waals surface area contributed by atoms with Gasteiger partial charge in [0.05, 0.1) is 36.0 Å². The number of aryl methyl sites for hydroxylation is 3. The van der Waals surface area contributed by atoms with Crippen molar-refractivity contribution in [3.63, 3.8) is 0 Å². The average molecular weight is 272 g/mol. The summed E-state index contributed by atoms with van der Waals surface area (Å²) in [5.74, 6) is 0.781. The van der Waals surface area contributed by atoms with Gasteiger partial charge in [0.15, 0.2) is 0 Å². The van der Waals surface area contributed by atoms with Gasteiger partial charge in [0.2, 0.25) is 0 Å². The van der Waals surface area contributed by atoms with E-state index >= 15 is 0 Å². The molecule has 1 unspecified atom stereocenters. The fourth-order valence-corrected chi connectivity index (χ4v) is 2.08. The van der Waals surface area contributed by atoms with Crippen LogP contribution in [0, 0.1) is 20.8 Å². The molecule has 106 valence electrons. The highest BCUT2D eigenvalue weighted by Crippen LogP contribution is 2.21. The quantitative estimate of drug-likeness (QED) is 0.929. The first-order valence-corrected chi connectivity index (χ1v) is 6.64. The lowest BCUT2D eigenvalue weighted by molar-refractivity contribution is 0.176. The Balaban J connectivity index is 2.18. The van der Waals surface area contributed by atoms with E-state index in [4.69, 9.17) is 4.74 Å². The zero-order valence-corrected chi connectivity index (χ0v) is 12.3. The smallest absolute Gasteiger partial charge is 0.118 e. The van der Waals surface area contributed by atoms with Crippen LogP contribution in [0.1, 0.15) is 34.4 Å². The van der Waals surface area contributed by atoms with E-state index in [2.05, 4.69) is 9.97 Å². The van der Waals surface area contributed by atoms with Gasteiger partial charge in [-0.05, 0) is 38.5 Å². The fraction of sp³-hybridized carbons (Fsp3) is 0.375. The van der Waals surface area contributed by atoms with Crippen molar-refractivity contribution < 1.29 is 9.84 Å². The lowest BCUT2D eigenvalue weighted by atomic mass is 10.0. The molecule has 1 aromatic heterocycles. The Morgan fingerprint density at radius 2 is 1.60 bits per heavy atom. The number of aliphatic hydroxyl groups is 1. The molecule has 0 aliphatic carbocycles. The molecular weight excluding hydrogens is 252 g/mol. The third-order valence-corrected chi connectivity index (χ3v) is 3.47. The molecule has 2 aromatic rings. The topological polar surface area (TPSA) is 55.2 Å². The molecule has 1 N–H and O–H groups in total. The summed E-state index contributed by atoms with van der Waals surface area (Å²) in [6, 6.07) is 7.43. The van der Waals surface area contributed by atoms with Crippen LogP contribution in [0.5, 0.6) is 5.75 Å². The highest BCUT2D eigenvalue weighted by atomic mass is 16.5. The van der Waals surface area contributed by atoms with E-state index in [0.29, 0.717) is 6.42 Å². The Hall–Kier alpha value is -1.94. The van der Waals surface area contributed by atoms with Gasteiger partial charge in [0.25, 0.3) is 0 Å². The van der Waals surface area contributed by atoms with Gasteiger partial charge in [-0.2, -0.15) is 0 Å². The van der Waals surface area contributed by atoms with Gasteiger partial charge in [0, 0.05) is 6.42 Å². The third-order valence-electron chi connectivity index (χ3n) is 3.47. The minimum absolute atomic E-state index is 0.465. The van der Waals surface area contributed by atoms with Crippen LogP contribution in [0.2, 0.25) is 0 Å². The highest BCUT2D eigenvalue weighted by molar-refractivity contribution is 5.29. The van der Waals surface area contributed by atoms with E-state index in [1.807, 2.05) is 45.0 Å². The summed E-state index contributed by atoms with van der Waals surface area (Å²) in [5, 5.41) is 10.3. The Labute approximate surface area is 119 Å². The highest BCUT2D eigenvalue weighted by Gasteiger charge is 2.13. The molecule has 0 radical (unpaired) electrons. The molecule has 0 spiro atoms. The number of rotatable bonds is 4. The first kappa shape index (κ1) is 14.5. The van der Waals surface area contributed by atoms with Gasteiger partial charge < -0.3 is 9.84 Å². The van der Waals surface area contributed by atoms with Crippen molar-refractivity contribution >= 4 is 0 Å². The predicted molar refractivity (Wildman–Crippen MR) is 77.9 cm³/mol. The van der Waals surface area contributed by atoms with Crippen LogP contribution in [-0.4, -0.2) is 22.2 Å². The largest absolute Gasteiger partial charge is 0.497 e. The maximum Gasteiger partial charge on any atom is 0.118 e. The standard InChI is InChI=1S/C16H20N2O2/c1-10-11(2)18-15(12(3)17-10)9-16(19)13-5-7-14(20-4)8-6-13/h5-8,16,19H,9H2,1-4H3. The SMILES string of the molecule is COc1ccc(C(O)Cc2nc(C)c(C)nc2C)cc1. The monoisotopic (exact) mass is 272 g/mol. The summed E-state index contributed by atoms with van der Waals surface area (Å²) in [4.78, 5) is 8.98. The second-order valence-corrected chi connectivity index (χ2v) is 4.92. The van der Waals surface area contributed by atoms with Gasteiger partial charge in [0.1, 0.15) is 5.75 Å². The average Bonchev–Trinajstić information content (AvgIpc) is 2.44. The molecule has 1 aromatic carbocycles. The maximum absolute atomic E-state index is 10.3. The van der Waals surface area contributed by atoms with Crippen molar-refractivity contribution in [1.29, 1.82) is 0 Å². The van der Waals surface area contributed by atoms with Crippen molar-refractivity contribution in [3.05, 3.63) is 52.6 Å². The lowest BCUT2D eigenvalue weighted by Crippen LogP contribution is -2.08. The van der Waals surface area contributed by atoms with E-state index in [-0.39, 0.29) is 0 Å². The molecule has 0 amide bonds. The molecule has 0 fully saturated rings. The summed E-state index contributed by atoms with van der Waals surface area (Å²) in [7, 11) is 1.62. The number of hydrogen-bond donors (Lipinski definition) is 1. The Morgan fingerprint density at radius 1 is 1.00 bits per heavy atom. The second kappa shape index (κ2) is 6.01. The number of methoxy groups -OCH3 is 1. The Bertz CT molecular complexity index is 594. The van der Waals surface area contributed by atoms with Gasteiger partial charge in [-0.3, -0.25) is 9.97 Å². The third kappa shape index (κ3) is 3.14. The zero-order valence-electron chi connectivity index (χ0n) is 12.3. The minimum Gasteiger partial charge on any atom is -0.497 e. The number of ether oxygens (including phenoxy) is 1. The first-order valence-electron chi connectivity index (χ1n) is 6.64. The van der Waals surface area contributed by atoms with Crippen LogP contribution in [0.3, 0.4) is 0 Å². The second-order valence-electron chi connectivity index (χ2n) is 4.92. The normalized spacial score (nSPS) is 12.2. The molecule has 0 aliphatic rings. The molecular formula is C16H20N2O2. The van der Waals surface area contributed by atoms with Crippen molar-refractivity contribution in [2.24, 2.45) is 0 Å². The van der Waals surface area contributed by atoms with Crippen molar-refractivity contribution in [1.82, 2.24) is 9.97 Å². The molecule has 0 bridgehead atoms. The van der Waals surface area contributed by atoms with E-state index in [9.17, 15) is 5.11 Å². The van der Waals surface area contributed by atoms with Crippen LogP contribution in [0.15, 0.2) is 24.3 Å². The summed E-state index contributed by atoms with van der Waals surface area (Å²) in [6.45, 7) is 5.81. The fourth-order valence-electron chi connectivity index (χ4n) is 2.08. The summed E-state index contributed by atoms with van der Waals surface area (Å²) < 4.78 is 5.11. The van der Waals surface area contributed by atoms with Gasteiger partial charge in [-0.1, -0.05) is 12.1 Å². The maximum atomic E-state index is 10.3. The molecule has 20 heavy (non-hydrogen) atoms. The van der Waals surface area contributed by atoms with Gasteiger partial charge in [-0.25, -0.2) is 0 Å². The van der Waals surface area contributed by atoms with E-state index in [1.54, 1.807) is 7.11 Å². The summed E-state index contributed by atoms with van der Waals surface area (Å²) in [6.07, 6.45) is -0.122. The Kier molecular flexibility index (Phi) is 4.35. The molecule has 4 nitrogen and oxygen atoms in total. The van der Waals surface area contributed by atoms with Crippen LogP contribution in [-0.2, 0) is 6.42 Å². The zero-order chi connectivity index (χ0) is 14.7. The Morgan fingerprint density at radius 3 is 2.20 bits per heavy atom. The molecule has 1 atom stereocenters. The van der Waals surface area contributed by atoms with Crippen molar-refractivity contribution in [2.45, 2.75) is 33.3 Å². The number of nitrogens with zero attached hydrogens (tertiary/aromatic N) is 2. The van der Waals surface area contributed by atoms with Crippen LogP contribution < -0.4 is 4.74 Å². The van der Waals surface area contributed by atoms with Gasteiger partial charge in [-0.15, -0.1) is 0 Å². The molecule has 0 saturated carbocycles. The van der Waals surface area contributed by atoms with Crippen molar-refractivity contribution in [3.8, 4) is 5.75 Å². The minimum atomic E-state index is -0.587. The van der Waals surface area contributed by atoms with Gasteiger partial charge >= 0.3 is 0 Å². The molecule has 0 saturated heterocycles. The lowest BCUT2D eigenvalue weighted by Gasteiger charge is -2.13. The van der Waals surface area contributed by atoms with E-state index in [1.165, 1.54) is 0 Å². The number of aliphatic hydroxyl groups excluding tert-OH is 1. The summed E-state index contributed by atoms with van der Waals surface area (Å²) in [5.41, 5.74) is 4.42. The molecule has 0 aliphatic heterocycles.